The maximum Gasteiger partial charge on any atom is 0.513 e. The zero-order chi connectivity index (χ0) is 25.0. The van der Waals surface area contributed by atoms with E-state index >= 15 is 0 Å². The fourth-order valence-electron chi connectivity index (χ4n) is 3.88. The van der Waals surface area contributed by atoms with Gasteiger partial charge in [-0.2, -0.15) is 13.2 Å². The van der Waals surface area contributed by atoms with Gasteiger partial charge in [0.2, 0.25) is 0 Å². The Bertz CT molecular complexity index is 979. The monoisotopic (exact) mass is 483 g/mol. The smallest absolute Gasteiger partial charge is 0.434 e. The van der Waals surface area contributed by atoms with Gasteiger partial charge in [-0.05, 0) is 57.7 Å². The summed E-state index contributed by atoms with van der Waals surface area (Å²) < 4.78 is 60.6. The minimum atomic E-state index is -4.51. The third kappa shape index (κ3) is 5.66. The highest BCUT2D eigenvalue weighted by Crippen LogP contribution is 2.47. The van der Waals surface area contributed by atoms with E-state index in [1.807, 2.05) is 11.8 Å². The Morgan fingerprint density at radius 1 is 0.941 bits per heavy atom. The molecule has 0 saturated heterocycles. The molecule has 1 unspecified atom stereocenters. The van der Waals surface area contributed by atoms with E-state index in [1.54, 1.807) is 20.8 Å². The van der Waals surface area contributed by atoms with Crippen molar-refractivity contribution >= 4 is 12.3 Å². The van der Waals surface area contributed by atoms with Gasteiger partial charge in [0.05, 0.1) is 30.2 Å². The molecule has 186 valence electrons. The van der Waals surface area contributed by atoms with Crippen molar-refractivity contribution in [2.24, 2.45) is 0 Å². The molecular weight excluding hydrogens is 455 g/mol. The molecule has 7 nitrogen and oxygen atoms in total. The summed E-state index contributed by atoms with van der Waals surface area (Å²) in [6.45, 7) is 7.17. The van der Waals surface area contributed by atoms with Gasteiger partial charge in [-0.25, -0.2) is 9.59 Å². The van der Waals surface area contributed by atoms with Crippen LogP contribution >= 0.6 is 0 Å². The van der Waals surface area contributed by atoms with Crippen molar-refractivity contribution in [2.45, 2.75) is 65.1 Å². The summed E-state index contributed by atoms with van der Waals surface area (Å²) >= 11 is 0. The molecule has 0 aromatic heterocycles. The number of hydrogen-bond acceptors (Lipinski definition) is 7. The summed E-state index contributed by atoms with van der Waals surface area (Å²) in [7, 11) is 0. The Kier molecular flexibility index (Phi) is 7.78. The third-order valence-corrected chi connectivity index (χ3v) is 5.52. The highest BCUT2D eigenvalue weighted by molar-refractivity contribution is 5.65. The van der Waals surface area contributed by atoms with Crippen LogP contribution in [0.15, 0.2) is 47.2 Å². The molecule has 1 atom stereocenters. The molecule has 1 aliphatic carbocycles. The number of hydrogen-bond donors (Lipinski definition) is 0. The normalized spacial score (nSPS) is 18.7. The summed E-state index contributed by atoms with van der Waals surface area (Å²) in [4.78, 5) is 26.6. The summed E-state index contributed by atoms with van der Waals surface area (Å²) in [5.41, 5.74) is 0.701. The van der Waals surface area contributed by atoms with E-state index in [1.165, 1.54) is 12.1 Å². The third-order valence-electron chi connectivity index (χ3n) is 5.52. The minimum Gasteiger partial charge on any atom is -0.434 e. The number of benzene rings is 1. The Balaban J connectivity index is 2.10. The molecule has 1 heterocycles. The van der Waals surface area contributed by atoms with E-state index in [0.29, 0.717) is 23.4 Å². The number of ether oxygens (including phenoxy) is 4. The molecule has 1 aromatic carbocycles. The minimum absolute atomic E-state index is 0.0734. The number of carbonyl (C=O) groups is 2. The first-order chi connectivity index (χ1) is 16.1. The molecule has 0 amide bonds. The maximum absolute atomic E-state index is 13.1. The molecule has 0 radical (unpaired) electrons. The molecule has 0 spiro atoms. The second-order valence-electron chi connectivity index (χ2n) is 8.04. The second-order valence-corrected chi connectivity index (χ2v) is 8.04. The van der Waals surface area contributed by atoms with E-state index in [0.717, 1.165) is 25.0 Å². The van der Waals surface area contributed by atoms with Crippen molar-refractivity contribution in [1.82, 2.24) is 4.90 Å². The standard InChI is InChI=1S/C24H28F3NO6/c1-5-13-32-23(30)34-21-15(4)28(18-11-12-18)14(3)20(33-22(29)31-6-2)19(21)16-7-9-17(10-8-16)24(25,26)27/h7-10,18-19H,5-6,11-13H2,1-4H3. The highest BCUT2D eigenvalue weighted by Gasteiger charge is 2.43. The van der Waals surface area contributed by atoms with Crippen LogP contribution in [-0.2, 0) is 25.1 Å². The fourth-order valence-corrected chi connectivity index (χ4v) is 3.88. The van der Waals surface area contributed by atoms with Gasteiger partial charge in [-0.15, -0.1) is 0 Å². The number of rotatable bonds is 7. The van der Waals surface area contributed by atoms with Crippen molar-refractivity contribution in [3.05, 3.63) is 58.3 Å². The van der Waals surface area contributed by atoms with Gasteiger partial charge >= 0.3 is 18.5 Å². The highest BCUT2D eigenvalue weighted by atomic mass is 19.4. The Morgan fingerprint density at radius 2 is 1.47 bits per heavy atom. The van der Waals surface area contributed by atoms with Crippen LogP contribution in [0.4, 0.5) is 22.8 Å². The van der Waals surface area contributed by atoms with Gasteiger partial charge in [0, 0.05) is 6.04 Å². The largest absolute Gasteiger partial charge is 0.513 e. The van der Waals surface area contributed by atoms with Crippen molar-refractivity contribution in [3.8, 4) is 0 Å². The van der Waals surface area contributed by atoms with Crippen LogP contribution in [0.25, 0.3) is 0 Å². The van der Waals surface area contributed by atoms with Crippen molar-refractivity contribution in [1.29, 1.82) is 0 Å². The zero-order valence-corrected chi connectivity index (χ0v) is 19.5. The van der Waals surface area contributed by atoms with Gasteiger partial charge in [0.1, 0.15) is 17.4 Å². The van der Waals surface area contributed by atoms with E-state index in [2.05, 4.69) is 0 Å². The second kappa shape index (κ2) is 10.4. The summed E-state index contributed by atoms with van der Waals surface area (Å²) in [6.07, 6.45) is -4.06. The lowest BCUT2D eigenvalue weighted by molar-refractivity contribution is -0.137. The molecule has 0 N–H and O–H groups in total. The van der Waals surface area contributed by atoms with Crippen molar-refractivity contribution < 1.29 is 41.7 Å². The number of carbonyl (C=O) groups excluding carboxylic acids is 2. The number of nitrogens with zero attached hydrogens (tertiary/aromatic N) is 1. The maximum atomic E-state index is 13.1. The molecule has 1 fully saturated rings. The first kappa shape index (κ1) is 25.5. The molecule has 1 aliphatic heterocycles. The predicted octanol–water partition coefficient (Wildman–Crippen LogP) is 6.47. The summed E-state index contributed by atoms with van der Waals surface area (Å²) in [5.74, 6) is -0.720. The summed E-state index contributed by atoms with van der Waals surface area (Å²) in [5, 5.41) is 0. The Labute approximate surface area is 196 Å². The van der Waals surface area contributed by atoms with E-state index in [-0.39, 0.29) is 30.8 Å². The molecule has 2 aliphatic rings. The zero-order valence-electron chi connectivity index (χ0n) is 19.5. The van der Waals surface area contributed by atoms with Crippen LogP contribution in [0.2, 0.25) is 0 Å². The first-order valence-corrected chi connectivity index (χ1v) is 11.2. The average molecular weight is 483 g/mol. The Hall–Kier alpha value is -3.17. The lowest BCUT2D eigenvalue weighted by Gasteiger charge is -2.37. The van der Waals surface area contributed by atoms with E-state index in [4.69, 9.17) is 18.9 Å². The number of halogens is 3. The summed E-state index contributed by atoms with van der Waals surface area (Å²) in [6, 6.07) is 4.54. The van der Waals surface area contributed by atoms with Crippen LogP contribution in [0, 0.1) is 0 Å². The number of allylic oxidation sites excluding steroid dienone is 2. The van der Waals surface area contributed by atoms with E-state index < -0.39 is 30.0 Å². The molecule has 34 heavy (non-hydrogen) atoms. The molecule has 3 rings (SSSR count). The number of alkyl halides is 3. The lowest BCUT2D eigenvalue weighted by Crippen LogP contribution is -2.34. The van der Waals surface area contributed by atoms with Gasteiger partial charge in [0.15, 0.2) is 0 Å². The van der Waals surface area contributed by atoms with Crippen LogP contribution in [0.1, 0.15) is 64.0 Å². The Morgan fingerprint density at radius 3 is 1.91 bits per heavy atom. The molecule has 10 heteroatoms. The van der Waals surface area contributed by atoms with Gasteiger partial charge in [-0.3, -0.25) is 0 Å². The lowest BCUT2D eigenvalue weighted by atomic mass is 9.89. The molecule has 1 saturated carbocycles. The van der Waals surface area contributed by atoms with Crippen LogP contribution < -0.4 is 0 Å². The fraction of sp³-hybridized carbons (Fsp3) is 0.500. The van der Waals surface area contributed by atoms with Crippen LogP contribution in [0.3, 0.4) is 0 Å². The topological polar surface area (TPSA) is 74.3 Å². The molecule has 1 aromatic rings. The molecule has 0 bridgehead atoms. The van der Waals surface area contributed by atoms with Crippen molar-refractivity contribution in [3.63, 3.8) is 0 Å². The van der Waals surface area contributed by atoms with Crippen LogP contribution in [0.5, 0.6) is 0 Å². The predicted molar refractivity (Wildman–Crippen MR) is 115 cm³/mol. The average Bonchev–Trinajstić information content (AvgIpc) is 3.60. The van der Waals surface area contributed by atoms with Gasteiger partial charge in [0.25, 0.3) is 0 Å². The quantitative estimate of drug-likeness (QED) is 0.412. The van der Waals surface area contributed by atoms with Crippen molar-refractivity contribution in [2.75, 3.05) is 13.2 Å². The SMILES string of the molecule is CCCOC(=O)OC1=C(C)N(C2CC2)C(C)=C(OC(=O)OCC)C1c1ccc(C(F)(F)F)cc1. The first-order valence-electron chi connectivity index (χ1n) is 11.2. The molecular formula is C24H28F3NO6. The van der Waals surface area contributed by atoms with Gasteiger partial charge < -0.3 is 23.8 Å². The van der Waals surface area contributed by atoms with Crippen LogP contribution in [-0.4, -0.2) is 36.5 Å². The van der Waals surface area contributed by atoms with Gasteiger partial charge in [-0.1, -0.05) is 19.1 Å². The van der Waals surface area contributed by atoms with E-state index in [9.17, 15) is 22.8 Å².